The van der Waals surface area contributed by atoms with Gasteiger partial charge in [0.1, 0.15) is 0 Å². The van der Waals surface area contributed by atoms with Gasteiger partial charge in [0.15, 0.2) is 28.4 Å². The number of hydrogen-bond donors (Lipinski definition) is 3. The molecule has 1 aromatic rings. The van der Waals surface area contributed by atoms with Crippen LogP contribution in [0.1, 0.15) is 74.7 Å². The summed E-state index contributed by atoms with van der Waals surface area (Å²) in [4.78, 5) is 26.0. The summed E-state index contributed by atoms with van der Waals surface area (Å²) in [6.07, 6.45) is 12.3. The summed E-state index contributed by atoms with van der Waals surface area (Å²) < 4.78 is 0. The molecule has 1 saturated heterocycles. The van der Waals surface area contributed by atoms with E-state index in [0.717, 1.165) is 25.9 Å². The van der Waals surface area contributed by atoms with Gasteiger partial charge in [-0.2, -0.15) is 4.99 Å². The van der Waals surface area contributed by atoms with Crippen molar-refractivity contribution in [1.82, 2.24) is 9.97 Å². The van der Waals surface area contributed by atoms with Crippen LogP contribution in [0.25, 0.3) is 0 Å². The number of carbonyl (C=O) groups is 1. The van der Waals surface area contributed by atoms with Crippen molar-refractivity contribution in [3.63, 3.8) is 0 Å². The topological polar surface area (TPSA) is 137 Å². The minimum absolute atomic E-state index is 0.0210. The van der Waals surface area contributed by atoms with Gasteiger partial charge in [0.05, 0.1) is 0 Å². The molecule has 0 spiro atoms. The van der Waals surface area contributed by atoms with Crippen molar-refractivity contribution >= 4 is 35.1 Å². The molecule has 0 radical (unpaired) electrons. The molecule has 1 aromatic heterocycles. The van der Waals surface area contributed by atoms with Crippen LogP contribution in [-0.4, -0.2) is 34.9 Å². The first-order valence-corrected chi connectivity index (χ1v) is 10.1. The van der Waals surface area contributed by atoms with Gasteiger partial charge in [0.2, 0.25) is 0 Å². The Balaban J connectivity index is 2.17. The molecule has 2 rings (SSSR count). The summed E-state index contributed by atoms with van der Waals surface area (Å²) in [5, 5.41) is 0.141. The molecule has 0 saturated carbocycles. The highest BCUT2D eigenvalue weighted by molar-refractivity contribution is 6.32. The number of rotatable bonds is 2. The Morgan fingerprint density at radius 1 is 0.889 bits per heavy atom. The van der Waals surface area contributed by atoms with E-state index in [4.69, 9.17) is 28.8 Å². The number of nitrogens with zero attached hydrogens (tertiary/aromatic N) is 4. The van der Waals surface area contributed by atoms with Gasteiger partial charge in [0, 0.05) is 13.1 Å². The number of aliphatic imine (C=N–C) groups is 1. The molecular formula is C18H30ClN7O. The average Bonchev–Trinajstić information content (AvgIpc) is 2.64. The molecule has 1 aliphatic rings. The van der Waals surface area contributed by atoms with E-state index in [1.165, 1.54) is 51.4 Å². The summed E-state index contributed by atoms with van der Waals surface area (Å²) in [5.41, 5.74) is 16.3. The lowest BCUT2D eigenvalue weighted by molar-refractivity contribution is 0.0998. The summed E-state index contributed by atoms with van der Waals surface area (Å²) in [6, 6.07) is 0. The molecule has 1 aliphatic heterocycles. The standard InChI is InChI=1S/C18H30ClN7O/c19-14-16(24-15(20)13(23-14)17(27)25-18(21)22)26-11-9-7-5-3-1-2-4-6-8-10-12-26/h1-12H2,(H2,20,24)(H4,21,22,25,27). The van der Waals surface area contributed by atoms with Crippen molar-refractivity contribution in [3.05, 3.63) is 10.8 Å². The lowest BCUT2D eigenvalue weighted by Gasteiger charge is -2.25. The second kappa shape index (κ2) is 10.9. The van der Waals surface area contributed by atoms with Gasteiger partial charge >= 0.3 is 5.91 Å². The van der Waals surface area contributed by atoms with Crippen LogP contribution in [0.5, 0.6) is 0 Å². The van der Waals surface area contributed by atoms with Gasteiger partial charge in [-0.1, -0.05) is 63.0 Å². The lowest BCUT2D eigenvalue weighted by Crippen LogP contribution is -2.28. The molecule has 27 heavy (non-hydrogen) atoms. The highest BCUT2D eigenvalue weighted by atomic mass is 35.5. The third-order valence-electron chi connectivity index (χ3n) is 4.70. The molecule has 1 fully saturated rings. The van der Waals surface area contributed by atoms with Crippen LogP contribution < -0.4 is 22.1 Å². The summed E-state index contributed by atoms with van der Waals surface area (Å²) in [5.74, 6) is -0.614. The van der Waals surface area contributed by atoms with Crippen molar-refractivity contribution < 1.29 is 4.79 Å². The van der Waals surface area contributed by atoms with E-state index < -0.39 is 5.91 Å². The largest absolute Gasteiger partial charge is 0.382 e. The number of guanidine groups is 1. The normalized spacial score (nSPS) is 17.3. The molecule has 150 valence electrons. The maximum Gasteiger partial charge on any atom is 0.302 e. The van der Waals surface area contributed by atoms with Crippen molar-refractivity contribution in [1.29, 1.82) is 0 Å². The van der Waals surface area contributed by atoms with Crippen LogP contribution in [0.3, 0.4) is 0 Å². The zero-order valence-corrected chi connectivity index (χ0v) is 16.5. The number of nitrogens with two attached hydrogens (primary N) is 3. The van der Waals surface area contributed by atoms with E-state index in [1.807, 2.05) is 0 Å². The Labute approximate surface area is 165 Å². The molecule has 0 aliphatic carbocycles. The quantitative estimate of drug-likeness (QED) is 0.517. The van der Waals surface area contributed by atoms with Crippen LogP contribution >= 0.6 is 11.6 Å². The van der Waals surface area contributed by atoms with Crippen molar-refractivity contribution in [2.45, 2.75) is 64.2 Å². The van der Waals surface area contributed by atoms with Gasteiger partial charge < -0.3 is 22.1 Å². The number of hydrogen-bond acceptors (Lipinski definition) is 5. The van der Waals surface area contributed by atoms with E-state index >= 15 is 0 Å². The van der Waals surface area contributed by atoms with Gasteiger partial charge in [-0.25, -0.2) is 9.97 Å². The third-order valence-corrected chi connectivity index (χ3v) is 4.96. The molecular weight excluding hydrogens is 366 g/mol. The Hall–Kier alpha value is -2.09. The fourth-order valence-corrected chi connectivity index (χ4v) is 3.54. The number of halogens is 1. The lowest BCUT2D eigenvalue weighted by atomic mass is 10.1. The molecule has 0 bridgehead atoms. The second-order valence-electron chi connectivity index (χ2n) is 6.94. The second-order valence-corrected chi connectivity index (χ2v) is 7.29. The average molecular weight is 396 g/mol. The molecule has 0 atom stereocenters. The first-order chi connectivity index (χ1) is 13.0. The Kier molecular flexibility index (Phi) is 8.57. The molecule has 6 N–H and O–H groups in total. The van der Waals surface area contributed by atoms with Crippen LogP contribution in [0, 0.1) is 0 Å². The van der Waals surface area contributed by atoms with Crippen LogP contribution in [0.4, 0.5) is 11.6 Å². The zero-order chi connectivity index (χ0) is 19.6. The van der Waals surface area contributed by atoms with Gasteiger partial charge in [-0.3, -0.25) is 4.79 Å². The predicted octanol–water partition coefficient (Wildman–Crippen LogP) is 2.85. The van der Waals surface area contributed by atoms with Gasteiger partial charge in [-0.15, -0.1) is 0 Å². The molecule has 2 heterocycles. The fraction of sp³-hybridized carbons (Fsp3) is 0.667. The Bertz CT molecular complexity index is 647. The maximum atomic E-state index is 12.0. The first-order valence-electron chi connectivity index (χ1n) is 9.71. The summed E-state index contributed by atoms with van der Waals surface area (Å²) >= 11 is 6.33. The molecule has 9 heteroatoms. The van der Waals surface area contributed by atoms with Gasteiger partial charge in [-0.05, 0) is 12.8 Å². The van der Waals surface area contributed by atoms with Crippen molar-refractivity contribution in [2.24, 2.45) is 16.5 Å². The van der Waals surface area contributed by atoms with Crippen LogP contribution in [-0.2, 0) is 0 Å². The van der Waals surface area contributed by atoms with Gasteiger partial charge in [0.25, 0.3) is 0 Å². The Morgan fingerprint density at radius 2 is 1.37 bits per heavy atom. The summed E-state index contributed by atoms with van der Waals surface area (Å²) in [6.45, 7) is 1.68. The molecule has 0 unspecified atom stereocenters. The summed E-state index contributed by atoms with van der Waals surface area (Å²) in [7, 11) is 0. The van der Waals surface area contributed by atoms with Crippen LogP contribution in [0.2, 0.25) is 5.15 Å². The number of nitrogen functional groups attached to an aromatic ring is 1. The smallest absolute Gasteiger partial charge is 0.302 e. The SMILES string of the molecule is NC(N)=NC(=O)c1nc(Cl)c(N2CCCCCCCCCCCC2)nc1N. The molecule has 8 nitrogen and oxygen atoms in total. The number of anilines is 2. The fourth-order valence-electron chi connectivity index (χ4n) is 3.29. The maximum absolute atomic E-state index is 12.0. The molecule has 1 amide bonds. The number of carbonyl (C=O) groups excluding carboxylic acids is 1. The molecule has 0 aromatic carbocycles. The number of aromatic nitrogens is 2. The monoisotopic (exact) mass is 395 g/mol. The van der Waals surface area contributed by atoms with Crippen molar-refractivity contribution in [3.8, 4) is 0 Å². The third kappa shape index (κ3) is 6.86. The zero-order valence-electron chi connectivity index (χ0n) is 15.8. The first kappa shape index (κ1) is 21.2. The minimum Gasteiger partial charge on any atom is -0.382 e. The highest BCUT2D eigenvalue weighted by Gasteiger charge is 2.20. The van der Waals surface area contributed by atoms with E-state index in [9.17, 15) is 4.79 Å². The Morgan fingerprint density at radius 3 is 1.85 bits per heavy atom. The highest BCUT2D eigenvalue weighted by Crippen LogP contribution is 2.26. The van der Waals surface area contributed by atoms with E-state index in [-0.39, 0.29) is 22.6 Å². The predicted molar refractivity (Wildman–Crippen MR) is 110 cm³/mol. The minimum atomic E-state index is -0.751. The van der Waals surface area contributed by atoms with E-state index in [2.05, 4.69) is 19.9 Å². The van der Waals surface area contributed by atoms with E-state index in [1.54, 1.807) is 0 Å². The van der Waals surface area contributed by atoms with E-state index in [0.29, 0.717) is 5.82 Å². The number of amides is 1. The van der Waals surface area contributed by atoms with Crippen molar-refractivity contribution in [2.75, 3.05) is 23.7 Å². The van der Waals surface area contributed by atoms with Crippen LogP contribution in [0.15, 0.2) is 4.99 Å².